The van der Waals surface area contributed by atoms with Crippen LogP contribution in [0.15, 0.2) is 97.1 Å². The molecule has 0 saturated heterocycles. The topological polar surface area (TPSA) is 59.3 Å². The second-order valence-electron chi connectivity index (χ2n) is 7.78. The van der Waals surface area contributed by atoms with Crippen molar-refractivity contribution >= 4 is 23.2 Å². The van der Waals surface area contributed by atoms with E-state index in [-0.39, 0.29) is 11.9 Å². The van der Waals surface area contributed by atoms with Crippen LogP contribution in [0.2, 0.25) is 5.02 Å². The molecular weight excluding hydrogens is 432 g/mol. The van der Waals surface area contributed by atoms with E-state index in [9.17, 15) is 4.79 Å². The Labute approximate surface area is 196 Å². The summed E-state index contributed by atoms with van der Waals surface area (Å²) < 4.78 is 1.59. The molecule has 5 rings (SSSR count). The molecular formula is C27H21ClN4O. The quantitative estimate of drug-likeness (QED) is 0.345. The third-order valence-electron chi connectivity index (χ3n) is 5.53. The number of amides is 1. The van der Waals surface area contributed by atoms with Crippen molar-refractivity contribution in [2.75, 3.05) is 0 Å². The Kier molecular flexibility index (Phi) is 5.63. The maximum absolute atomic E-state index is 13.4. The Morgan fingerprint density at radius 1 is 0.879 bits per heavy atom. The van der Waals surface area contributed by atoms with Gasteiger partial charge in [0.25, 0.3) is 5.91 Å². The molecule has 0 saturated carbocycles. The summed E-state index contributed by atoms with van der Waals surface area (Å²) in [7, 11) is 0. The molecule has 0 fully saturated rings. The van der Waals surface area contributed by atoms with Gasteiger partial charge in [0.15, 0.2) is 5.65 Å². The number of benzene rings is 3. The lowest BCUT2D eigenvalue weighted by molar-refractivity contribution is 0.0932. The van der Waals surface area contributed by atoms with Crippen LogP contribution in [0, 0.1) is 0 Å². The van der Waals surface area contributed by atoms with Crippen molar-refractivity contribution in [3.05, 3.63) is 113 Å². The van der Waals surface area contributed by atoms with Crippen molar-refractivity contribution < 1.29 is 4.79 Å². The van der Waals surface area contributed by atoms with Crippen LogP contribution >= 0.6 is 11.6 Å². The minimum absolute atomic E-state index is 0.171. The largest absolute Gasteiger partial charge is 0.344 e. The van der Waals surface area contributed by atoms with Crippen LogP contribution < -0.4 is 5.32 Å². The first-order valence-electron chi connectivity index (χ1n) is 10.7. The van der Waals surface area contributed by atoms with E-state index in [0.717, 1.165) is 22.4 Å². The van der Waals surface area contributed by atoms with Crippen LogP contribution in [0.1, 0.15) is 29.0 Å². The fraction of sp³-hybridized carbons (Fsp3) is 0.0741. The van der Waals surface area contributed by atoms with E-state index < -0.39 is 0 Å². The van der Waals surface area contributed by atoms with Gasteiger partial charge in [-0.3, -0.25) is 4.79 Å². The molecule has 2 aromatic heterocycles. The molecule has 5 aromatic rings. The number of carbonyl (C=O) groups excluding carboxylic acids is 1. The molecule has 5 nitrogen and oxygen atoms in total. The number of carbonyl (C=O) groups is 1. The molecule has 0 aliphatic rings. The lowest BCUT2D eigenvalue weighted by Gasteiger charge is -2.15. The number of halogens is 1. The van der Waals surface area contributed by atoms with Gasteiger partial charge in [0.1, 0.15) is 5.69 Å². The van der Waals surface area contributed by atoms with Crippen LogP contribution in [0.5, 0.6) is 0 Å². The summed E-state index contributed by atoms with van der Waals surface area (Å²) in [6, 6.07) is 30.6. The van der Waals surface area contributed by atoms with Gasteiger partial charge in [-0.1, -0.05) is 90.5 Å². The Balaban J connectivity index is 1.62. The van der Waals surface area contributed by atoms with Crippen LogP contribution in [-0.4, -0.2) is 20.5 Å². The molecule has 0 radical (unpaired) electrons. The van der Waals surface area contributed by atoms with Crippen molar-refractivity contribution in [2.24, 2.45) is 0 Å². The Morgan fingerprint density at radius 2 is 1.55 bits per heavy atom. The zero-order chi connectivity index (χ0) is 22.8. The SMILES string of the molecule is CC(NC(=O)c1cc(-c2ccccc2Cl)nc2cc(-c3ccccc3)nn12)c1ccccc1. The van der Waals surface area contributed by atoms with E-state index >= 15 is 0 Å². The van der Waals surface area contributed by atoms with Crippen molar-refractivity contribution in [1.82, 2.24) is 19.9 Å². The zero-order valence-electron chi connectivity index (χ0n) is 17.9. The monoisotopic (exact) mass is 452 g/mol. The minimum atomic E-state index is -0.241. The van der Waals surface area contributed by atoms with Gasteiger partial charge in [-0.05, 0) is 24.6 Å². The predicted molar refractivity (Wildman–Crippen MR) is 131 cm³/mol. The molecule has 1 N–H and O–H groups in total. The number of nitrogens with one attached hydrogen (secondary N) is 1. The first-order chi connectivity index (χ1) is 16.1. The van der Waals surface area contributed by atoms with Crippen LogP contribution in [0.4, 0.5) is 0 Å². The Hall–Kier alpha value is -3.96. The van der Waals surface area contributed by atoms with E-state index in [1.54, 1.807) is 10.6 Å². The third kappa shape index (κ3) is 4.23. The number of hydrogen-bond donors (Lipinski definition) is 1. The number of hydrogen-bond acceptors (Lipinski definition) is 3. The Morgan fingerprint density at radius 3 is 2.27 bits per heavy atom. The van der Waals surface area contributed by atoms with Crippen LogP contribution in [-0.2, 0) is 0 Å². The molecule has 2 heterocycles. The summed E-state index contributed by atoms with van der Waals surface area (Å²) in [5, 5.41) is 8.36. The maximum Gasteiger partial charge on any atom is 0.270 e. The molecule has 0 bridgehead atoms. The average molecular weight is 453 g/mol. The summed E-state index contributed by atoms with van der Waals surface area (Å²) in [5.74, 6) is -0.241. The molecule has 33 heavy (non-hydrogen) atoms. The molecule has 3 aromatic carbocycles. The average Bonchev–Trinajstić information content (AvgIpc) is 3.29. The lowest BCUT2D eigenvalue weighted by atomic mass is 10.1. The highest BCUT2D eigenvalue weighted by Crippen LogP contribution is 2.29. The number of rotatable bonds is 5. The highest BCUT2D eigenvalue weighted by Gasteiger charge is 2.19. The van der Waals surface area contributed by atoms with E-state index in [0.29, 0.717) is 22.1 Å². The first kappa shape index (κ1) is 20.9. The van der Waals surface area contributed by atoms with Crippen molar-refractivity contribution in [1.29, 1.82) is 0 Å². The van der Waals surface area contributed by atoms with Gasteiger partial charge >= 0.3 is 0 Å². The number of aromatic nitrogens is 3. The minimum Gasteiger partial charge on any atom is -0.344 e. The fourth-order valence-electron chi connectivity index (χ4n) is 3.79. The van der Waals surface area contributed by atoms with Gasteiger partial charge in [0.2, 0.25) is 0 Å². The van der Waals surface area contributed by atoms with Crippen LogP contribution in [0.25, 0.3) is 28.2 Å². The van der Waals surface area contributed by atoms with E-state index in [1.807, 2.05) is 97.9 Å². The highest BCUT2D eigenvalue weighted by atomic mass is 35.5. The third-order valence-corrected chi connectivity index (χ3v) is 5.86. The molecule has 1 amide bonds. The van der Waals surface area contributed by atoms with Gasteiger partial charge in [0.05, 0.1) is 17.4 Å². The maximum atomic E-state index is 13.4. The van der Waals surface area contributed by atoms with Gasteiger partial charge in [0, 0.05) is 22.2 Å². The van der Waals surface area contributed by atoms with Gasteiger partial charge in [-0.15, -0.1) is 0 Å². The van der Waals surface area contributed by atoms with Gasteiger partial charge in [-0.25, -0.2) is 9.50 Å². The second kappa shape index (κ2) is 8.88. The summed E-state index contributed by atoms with van der Waals surface area (Å²) in [4.78, 5) is 18.2. The fourth-order valence-corrected chi connectivity index (χ4v) is 4.02. The second-order valence-corrected chi connectivity index (χ2v) is 8.19. The number of nitrogens with zero attached hydrogens (tertiary/aromatic N) is 3. The van der Waals surface area contributed by atoms with E-state index in [1.165, 1.54) is 0 Å². The molecule has 162 valence electrons. The normalized spacial score (nSPS) is 11.9. The molecule has 0 spiro atoms. The van der Waals surface area contributed by atoms with Gasteiger partial charge in [-0.2, -0.15) is 5.10 Å². The molecule has 1 atom stereocenters. The van der Waals surface area contributed by atoms with Crippen molar-refractivity contribution in [3.8, 4) is 22.5 Å². The molecule has 0 aliphatic heterocycles. The molecule has 1 unspecified atom stereocenters. The van der Waals surface area contributed by atoms with E-state index in [2.05, 4.69) is 5.32 Å². The smallest absolute Gasteiger partial charge is 0.270 e. The van der Waals surface area contributed by atoms with Gasteiger partial charge < -0.3 is 5.32 Å². The zero-order valence-corrected chi connectivity index (χ0v) is 18.7. The Bertz CT molecular complexity index is 1430. The first-order valence-corrected chi connectivity index (χ1v) is 11.0. The summed E-state index contributed by atoms with van der Waals surface area (Å²) >= 11 is 6.44. The van der Waals surface area contributed by atoms with Crippen molar-refractivity contribution in [2.45, 2.75) is 13.0 Å². The summed E-state index contributed by atoms with van der Waals surface area (Å²) in [5.41, 5.74) is 5.05. The highest BCUT2D eigenvalue weighted by molar-refractivity contribution is 6.33. The lowest BCUT2D eigenvalue weighted by Crippen LogP contribution is -2.28. The summed E-state index contributed by atoms with van der Waals surface area (Å²) in [6.45, 7) is 1.96. The van der Waals surface area contributed by atoms with Crippen molar-refractivity contribution in [3.63, 3.8) is 0 Å². The summed E-state index contributed by atoms with van der Waals surface area (Å²) in [6.07, 6.45) is 0. The predicted octanol–water partition coefficient (Wildman–Crippen LogP) is 6.21. The van der Waals surface area contributed by atoms with Crippen LogP contribution in [0.3, 0.4) is 0 Å². The molecule has 6 heteroatoms. The number of fused-ring (bicyclic) bond motifs is 1. The molecule has 0 aliphatic carbocycles. The van der Waals surface area contributed by atoms with E-state index in [4.69, 9.17) is 21.7 Å². The standard InChI is InChI=1S/C27H21ClN4O/c1-18(19-10-4-2-5-11-19)29-27(33)25-16-24(21-14-8-9-15-22(21)28)30-26-17-23(31-32(25)26)20-12-6-3-7-13-20/h2-18H,1H3,(H,29,33).